The van der Waals surface area contributed by atoms with Gasteiger partial charge in [-0.05, 0) is 31.5 Å². The van der Waals surface area contributed by atoms with Crippen LogP contribution < -0.4 is 4.74 Å². The van der Waals surface area contributed by atoms with Crippen LogP contribution in [0.2, 0.25) is 0 Å². The number of hydrogen-bond acceptors (Lipinski definition) is 2. The molecular weight excluding hydrogens is 231 g/mol. The fourth-order valence-electron chi connectivity index (χ4n) is 1.53. The third-order valence-electron chi connectivity index (χ3n) is 2.44. The van der Waals surface area contributed by atoms with Crippen molar-refractivity contribution in [2.45, 2.75) is 32.7 Å². The van der Waals surface area contributed by atoms with Gasteiger partial charge < -0.3 is 4.74 Å². The summed E-state index contributed by atoms with van der Waals surface area (Å²) in [7, 11) is 1.49. The van der Waals surface area contributed by atoms with E-state index in [4.69, 9.17) is 4.74 Å². The number of nitrogens with zero attached hydrogens (tertiary/aromatic N) is 1. The molecule has 5 heteroatoms. The minimum Gasteiger partial charge on any atom is -0.497 e. The Morgan fingerprint density at radius 2 is 1.94 bits per heavy atom. The summed E-state index contributed by atoms with van der Waals surface area (Å²) >= 11 is 0. The second-order valence-electron chi connectivity index (χ2n) is 4.04. The van der Waals surface area contributed by atoms with Crippen molar-refractivity contribution in [2.75, 3.05) is 7.11 Å². The standard InChI is InChI=1S/C12H16F3NO/c1-9(2)16(12(13,14)15)8-10-5-4-6-11(7-10)17-3/h4-7,9H,8H2,1-3H3. The Hall–Kier alpha value is -1.23. The first kappa shape index (κ1) is 13.8. The van der Waals surface area contributed by atoms with Gasteiger partial charge in [-0.2, -0.15) is 13.2 Å². The quantitative estimate of drug-likeness (QED) is 0.756. The Morgan fingerprint density at radius 3 is 2.41 bits per heavy atom. The molecule has 17 heavy (non-hydrogen) atoms. The zero-order valence-corrected chi connectivity index (χ0v) is 10.1. The largest absolute Gasteiger partial charge is 0.497 e. The minimum absolute atomic E-state index is 0.168. The number of rotatable bonds is 4. The predicted octanol–water partition coefficient (Wildman–Crippen LogP) is 3.43. The van der Waals surface area contributed by atoms with Crippen molar-refractivity contribution >= 4 is 0 Å². The number of hydrogen-bond donors (Lipinski definition) is 0. The summed E-state index contributed by atoms with van der Waals surface area (Å²) in [6.45, 7) is 2.87. The lowest BCUT2D eigenvalue weighted by Crippen LogP contribution is -2.42. The Bertz CT molecular complexity index is 363. The van der Waals surface area contributed by atoms with Gasteiger partial charge in [-0.1, -0.05) is 12.1 Å². The number of ether oxygens (including phenoxy) is 1. The molecule has 0 aromatic heterocycles. The van der Waals surface area contributed by atoms with Crippen LogP contribution in [0.25, 0.3) is 0 Å². The monoisotopic (exact) mass is 247 g/mol. The van der Waals surface area contributed by atoms with Crippen LogP contribution in [0.15, 0.2) is 24.3 Å². The molecule has 96 valence electrons. The van der Waals surface area contributed by atoms with Gasteiger partial charge in [0, 0.05) is 12.6 Å². The van der Waals surface area contributed by atoms with Crippen molar-refractivity contribution in [2.24, 2.45) is 0 Å². The zero-order chi connectivity index (χ0) is 13.1. The van der Waals surface area contributed by atoms with Crippen LogP contribution in [-0.4, -0.2) is 24.4 Å². The minimum atomic E-state index is -4.32. The summed E-state index contributed by atoms with van der Waals surface area (Å²) in [5.41, 5.74) is 0.579. The van der Waals surface area contributed by atoms with Gasteiger partial charge in [0.15, 0.2) is 0 Å². The molecule has 0 heterocycles. The molecule has 1 rings (SSSR count). The van der Waals surface area contributed by atoms with E-state index in [2.05, 4.69) is 0 Å². The van der Waals surface area contributed by atoms with Gasteiger partial charge in [-0.25, -0.2) is 4.90 Å². The van der Waals surface area contributed by atoms with E-state index in [0.29, 0.717) is 16.2 Å². The Balaban J connectivity index is 2.86. The molecule has 0 aliphatic heterocycles. The lowest BCUT2D eigenvalue weighted by Gasteiger charge is -2.28. The van der Waals surface area contributed by atoms with Gasteiger partial charge in [-0.3, -0.25) is 0 Å². The zero-order valence-electron chi connectivity index (χ0n) is 10.1. The molecule has 0 N–H and O–H groups in total. The van der Waals surface area contributed by atoms with Crippen molar-refractivity contribution in [3.63, 3.8) is 0 Å². The predicted molar refractivity (Wildman–Crippen MR) is 59.7 cm³/mol. The van der Waals surface area contributed by atoms with E-state index in [1.165, 1.54) is 21.0 Å². The Kier molecular flexibility index (Phi) is 4.40. The second-order valence-corrected chi connectivity index (χ2v) is 4.04. The molecule has 0 atom stereocenters. The van der Waals surface area contributed by atoms with Crippen molar-refractivity contribution in [3.8, 4) is 5.75 Å². The highest BCUT2D eigenvalue weighted by Gasteiger charge is 2.38. The Labute approximate surface area is 99.0 Å². The van der Waals surface area contributed by atoms with Crippen molar-refractivity contribution in [3.05, 3.63) is 29.8 Å². The number of methoxy groups -OCH3 is 1. The number of alkyl halides is 3. The molecule has 0 unspecified atom stereocenters. The van der Waals surface area contributed by atoms with Gasteiger partial charge in [-0.15, -0.1) is 0 Å². The Morgan fingerprint density at radius 1 is 1.29 bits per heavy atom. The topological polar surface area (TPSA) is 12.5 Å². The average molecular weight is 247 g/mol. The second kappa shape index (κ2) is 5.40. The molecule has 1 aromatic rings. The molecule has 0 saturated heterocycles. The summed E-state index contributed by atoms with van der Waals surface area (Å²) in [5, 5.41) is 0. The van der Waals surface area contributed by atoms with Crippen LogP contribution in [0.4, 0.5) is 13.2 Å². The van der Waals surface area contributed by atoms with Gasteiger partial charge in [0.25, 0.3) is 0 Å². The maximum Gasteiger partial charge on any atom is 0.460 e. The highest BCUT2D eigenvalue weighted by Crippen LogP contribution is 2.26. The van der Waals surface area contributed by atoms with Gasteiger partial charge in [0.05, 0.1) is 7.11 Å². The first-order valence-electron chi connectivity index (χ1n) is 5.31. The molecule has 0 bridgehead atoms. The summed E-state index contributed by atoms with van der Waals surface area (Å²) in [4.78, 5) is 0.488. The van der Waals surface area contributed by atoms with E-state index < -0.39 is 12.3 Å². The maximum atomic E-state index is 12.7. The fraction of sp³-hybridized carbons (Fsp3) is 0.500. The maximum absolute atomic E-state index is 12.7. The van der Waals surface area contributed by atoms with Crippen LogP contribution in [0, 0.1) is 0 Å². The third kappa shape index (κ3) is 3.93. The van der Waals surface area contributed by atoms with Crippen LogP contribution in [0.5, 0.6) is 5.75 Å². The average Bonchev–Trinajstić information content (AvgIpc) is 2.24. The third-order valence-corrected chi connectivity index (χ3v) is 2.44. The van der Waals surface area contributed by atoms with E-state index in [0.717, 1.165) is 0 Å². The van der Waals surface area contributed by atoms with Crippen molar-refractivity contribution in [1.82, 2.24) is 4.90 Å². The van der Waals surface area contributed by atoms with E-state index in [1.54, 1.807) is 24.3 Å². The van der Waals surface area contributed by atoms with E-state index in [1.807, 2.05) is 0 Å². The van der Waals surface area contributed by atoms with E-state index in [9.17, 15) is 13.2 Å². The smallest absolute Gasteiger partial charge is 0.460 e. The highest BCUT2D eigenvalue weighted by molar-refractivity contribution is 5.28. The normalized spacial score (nSPS) is 12.2. The summed E-state index contributed by atoms with van der Waals surface area (Å²) in [6, 6.07) is 6.06. The molecule has 2 nitrogen and oxygen atoms in total. The van der Waals surface area contributed by atoms with Crippen molar-refractivity contribution < 1.29 is 17.9 Å². The molecule has 0 fully saturated rings. The summed E-state index contributed by atoms with van der Waals surface area (Å²) in [6.07, 6.45) is -4.32. The molecule has 0 spiro atoms. The SMILES string of the molecule is COc1cccc(CN(C(C)C)C(F)(F)F)c1. The highest BCUT2D eigenvalue weighted by atomic mass is 19.4. The molecule has 0 aliphatic rings. The molecular formula is C12H16F3NO. The summed E-state index contributed by atoms with van der Waals surface area (Å²) < 4.78 is 43.2. The van der Waals surface area contributed by atoms with Crippen molar-refractivity contribution in [1.29, 1.82) is 0 Å². The van der Waals surface area contributed by atoms with Crippen LogP contribution >= 0.6 is 0 Å². The molecule has 0 radical (unpaired) electrons. The molecule has 0 amide bonds. The van der Waals surface area contributed by atoms with Gasteiger partial charge in [0.1, 0.15) is 5.75 Å². The summed E-state index contributed by atoms with van der Waals surface area (Å²) in [5.74, 6) is 0.563. The van der Waals surface area contributed by atoms with Gasteiger partial charge in [0.2, 0.25) is 0 Å². The lowest BCUT2D eigenvalue weighted by atomic mass is 10.2. The van der Waals surface area contributed by atoms with E-state index in [-0.39, 0.29) is 6.54 Å². The fourth-order valence-corrected chi connectivity index (χ4v) is 1.53. The lowest BCUT2D eigenvalue weighted by molar-refractivity contribution is -0.259. The molecule has 0 saturated carbocycles. The molecule has 0 aliphatic carbocycles. The van der Waals surface area contributed by atoms with Crippen LogP contribution in [0.3, 0.4) is 0 Å². The van der Waals surface area contributed by atoms with E-state index >= 15 is 0 Å². The first-order valence-corrected chi connectivity index (χ1v) is 5.31. The number of halogens is 3. The van der Waals surface area contributed by atoms with Gasteiger partial charge >= 0.3 is 6.30 Å². The van der Waals surface area contributed by atoms with Crippen LogP contribution in [0.1, 0.15) is 19.4 Å². The van der Waals surface area contributed by atoms with Crippen LogP contribution in [-0.2, 0) is 6.54 Å². The molecule has 1 aromatic carbocycles. The first-order chi connectivity index (χ1) is 7.84. The number of benzene rings is 1.